The van der Waals surface area contributed by atoms with Crippen molar-refractivity contribution < 1.29 is 9.66 Å². The fourth-order valence-electron chi connectivity index (χ4n) is 1.50. The topological polar surface area (TPSA) is 104 Å². The van der Waals surface area contributed by atoms with Crippen molar-refractivity contribution in [1.29, 1.82) is 0 Å². The molecule has 7 heteroatoms. The number of aromatic nitrogens is 2. The minimum atomic E-state index is -0.498. The Kier molecular flexibility index (Phi) is 3.28. The quantitative estimate of drug-likeness (QED) is 0.671. The highest BCUT2D eigenvalue weighted by Gasteiger charge is 2.17. The minimum Gasteiger partial charge on any atom is -0.431 e. The van der Waals surface area contributed by atoms with Crippen LogP contribution in [-0.4, -0.2) is 14.9 Å². The summed E-state index contributed by atoms with van der Waals surface area (Å²) in [6.07, 6.45) is 1.50. The zero-order valence-electron chi connectivity index (χ0n) is 10.5. The van der Waals surface area contributed by atoms with Gasteiger partial charge in [-0.2, -0.15) is 4.98 Å². The summed E-state index contributed by atoms with van der Waals surface area (Å²) in [5, 5.41) is 11.0. The number of rotatable bonds is 3. The van der Waals surface area contributed by atoms with E-state index in [9.17, 15) is 10.1 Å². The number of hydrogen-bond donors (Lipinski definition) is 1. The highest BCUT2D eigenvalue weighted by molar-refractivity contribution is 5.50. The Morgan fingerprint density at radius 1 is 1.37 bits per heavy atom. The smallest absolute Gasteiger partial charge is 0.311 e. The first kappa shape index (κ1) is 12.7. The maximum Gasteiger partial charge on any atom is 0.311 e. The molecule has 1 aromatic heterocycles. The molecule has 0 aliphatic rings. The number of nitrogen functional groups attached to an aromatic ring is 1. The van der Waals surface area contributed by atoms with Gasteiger partial charge in [-0.3, -0.25) is 10.1 Å². The number of nitrogens with two attached hydrogens (primary N) is 1. The Labute approximate surface area is 109 Å². The first-order valence-corrected chi connectivity index (χ1v) is 5.49. The highest BCUT2D eigenvalue weighted by atomic mass is 16.6. The maximum absolute atomic E-state index is 11.0. The predicted octanol–water partition coefficient (Wildman–Crippen LogP) is 2.38. The van der Waals surface area contributed by atoms with Gasteiger partial charge in [0, 0.05) is 17.8 Å². The molecule has 0 fully saturated rings. The van der Waals surface area contributed by atoms with Crippen LogP contribution in [0.25, 0.3) is 0 Å². The normalized spacial score (nSPS) is 10.2. The molecule has 19 heavy (non-hydrogen) atoms. The average molecular weight is 260 g/mol. The van der Waals surface area contributed by atoms with Crippen LogP contribution in [0.2, 0.25) is 0 Å². The van der Waals surface area contributed by atoms with Crippen LogP contribution in [0.1, 0.15) is 11.1 Å². The van der Waals surface area contributed by atoms with E-state index >= 15 is 0 Å². The monoisotopic (exact) mass is 260 g/mol. The molecule has 2 rings (SSSR count). The molecule has 0 saturated heterocycles. The van der Waals surface area contributed by atoms with Gasteiger partial charge in [0.1, 0.15) is 0 Å². The molecule has 7 nitrogen and oxygen atoms in total. The van der Waals surface area contributed by atoms with Gasteiger partial charge in [-0.25, -0.2) is 4.98 Å². The lowest BCUT2D eigenvalue weighted by Gasteiger charge is -2.08. The summed E-state index contributed by atoms with van der Waals surface area (Å²) in [4.78, 5) is 18.2. The van der Waals surface area contributed by atoms with Crippen molar-refractivity contribution in [3.63, 3.8) is 0 Å². The van der Waals surface area contributed by atoms with Gasteiger partial charge in [-0.1, -0.05) is 6.07 Å². The lowest BCUT2D eigenvalue weighted by atomic mass is 10.2. The SMILES string of the molecule is Cc1ccc(Oc2nc(N)ncc2C)c([N+](=O)[O-])c1. The number of benzene rings is 1. The molecule has 0 saturated carbocycles. The van der Waals surface area contributed by atoms with Crippen molar-refractivity contribution in [3.05, 3.63) is 45.6 Å². The van der Waals surface area contributed by atoms with Crippen molar-refractivity contribution in [2.75, 3.05) is 5.73 Å². The van der Waals surface area contributed by atoms with Crippen LogP contribution in [0.4, 0.5) is 11.6 Å². The number of ether oxygens (including phenoxy) is 1. The van der Waals surface area contributed by atoms with E-state index < -0.39 is 4.92 Å². The number of aryl methyl sites for hydroxylation is 2. The van der Waals surface area contributed by atoms with E-state index in [1.807, 2.05) is 0 Å². The van der Waals surface area contributed by atoms with Gasteiger partial charge < -0.3 is 10.5 Å². The van der Waals surface area contributed by atoms with E-state index in [4.69, 9.17) is 10.5 Å². The third kappa shape index (κ3) is 2.76. The van der Waals surface area contributed by atoms with Gasteiger partial charge in [-0.05, 0) is 25.5 Å². The molecular formula is C12H12N4O3. The summed E-state index contributed by atoms with van der Waals surface area (Å²) in [6, 6.07) is 4.70. The molecule has 0 atom stereocenters. The van der Waals surface area contributed by atoms with E-state index in [-0.39, 0.29) is 23.3 Å². The van der Waals surface area contributed by atoms with E-state index in [0.29, 0.717) is 5.56 Å². The minimum absolute atomic E-state index is 0.0513. The third-order valence-corrected chi connectivity index (χ3v) is 2.46. The molecule has 0 spiro atoms. The van der Waals surface area contributed by atoms with E-state index in [1.54, 1.807) is 19.9 Å². The highest BCUT2D eigenvalue weighted by Crippen LogP contribution is 2.32. The molecule has 0 aliphatic carbocycles. The Bertz CT molecular complexity index is 643. The molecule has 0 amide bonds. The fraction of sp³-hybridized carbons (Fsp3) is 0.167. The van der Waals surface area contributed by atoms with Gasteiger partial charge >= 0.3 is 5.69 Å². The largest absolute Gasteiger partial charge is 0.431 e. The summed E-state index contributed by atoms with van der Waals surface area (Å²) < 4.78 is 5.46. The van der Waals surface area contributed by atoms with Gasteiger partial charge in [0.15, 0.2) is 0 Å². The van der Waals surface area contributed by atoms with Crippen molar-refractivity contribution >= 4 is 11.6 Å². The summed E-state index contributed by atoms with van der Waals surface area (Å²) >= 11 is 0. The molecule has 98 valence electrons. The van der Waals surface area contributed by atoms with Crippen LogP contribution in [0.15, 0.2) is 24.4 Å². The van der Waals surface area contributed by atoms with Crippen LogP contribution >= 0.6 is 0 Å². The first-order valence-electron chi connectivity index (χ1n) is 5.49. The van der Waals surface area contributed by atoms with Crippen molar-refractivity contribution in [2.45, 2.75) is 13.8 Å². The second-order valence-electron chi connectivity index (χ2n) is 4.05. The number of nitro groups is 1. The average Bonchev–Trinajstić information content (AvgIpc) is 2.35. The van der Waals surface area contributed by atoms with Gasteiger partial charge in [0.2, 0.25) is 17.6 Å². The standard InChI is InChI=1S/C12H12N4O3/c1-7-3-4-10(9(5-7)16(17)18)19-11-8(2)6-14-12(13)15-11/h3-6H,1-2H3,(H2,13,14,15). The van der Waals surface area contributed by atoms with E-state index in [2.05, 4.69) is 9.97 Å². The zero-order valence-corrected chi connectivity index (χ0v) is 10.5. The molecule has 0 unspecified atom stereocenters. The van der Waals surface area contributed by atoms with E-state index in [1.165, 1.54) is 18.3 Å². The molecule has 0 aliphatic heterocycles. The second-order valence-corrected chi connectivity index (χ2v) is 4.05. The van der Waals surface area contributed by atoms with Crippen molar-refractivity contribution in [3.8, 4) is 11.6 Å². The molecule has 1 heterocycles. The van der Waals surface area contributed by atoms with Crippen LogP contribution in [0.3, 0.4) is 0 Å². The number of nitrogens with zero attached hydrogens (tertiary/aromatic N) is 3. The van der Waals surface area contributed by atoms with Gasteiger partial charge in [0.25, 0.3) is 0 Å². The number of nitro benzene ring substituents is 1. The van der Waals surface area contributed by atoms with Crippen molar-refractivity contribution in [2.24, 2.45) is 0 Å². The Hall–Kier alpha value is -2.70. The van der Waals surface area contributed by atoms with E-state index in [0.717, 1.165) is 5.56 Å². The fourth-order valence-corrected chi connectivity index (χ4v) is 1.50. The number of anilines is 1. The van der Waals surface area contributed by atoms with Crippen LogP contribution < -0.4 is 10.5 Å². The Morgan fingerprint density at radius 3 is 2.79 bits per heavy atom. The number of hydrogen-bond acceptors (Lipinski definition) is 6. The van der Waals surface area contributed by atoms with Crippen LogP contribution in [-0.2, 0) is 0 Å². The predicted molar refractivity (Wildman–Crippen MR) is 69.1 cm³/mol. The molecule has 2 N–H and O–H groups in total. The molecule has 1 aromatic carbocycles. The molecule has 0 radical (unpaired) electrons. The van der Waals surface area contributed by atoms with Gasteiger partial charge in [0.05, 0.1) is 4.92 Å². The van der Waals surface area contributed by atoms with Crippen LogP contribution in [0, 0.1) is 24.0 Å². The Morgan fingerprint density at radius 2 is 2.11 bits per heavy atom. The third-order valence-electron chi connectivity index (χ3n) is 2.46. The van der Waals surface area contributed by atoms with Crippen LogP contribution in [0.5, 0.6) is 11.6 Å². The Balaban J connectivity index is 2.43. The molecule has 2 aromatic rings. The lowest BCUT2D eigenvalue weighted by Crippen LogP contribution is -2.00. The summed E-state index contributed by atoms with van der Waals surface area (Å²) in [5.41, 5.74) is 6.77. The first-order chi connectivity index (χ1) is 8.97. The van der Waals surface area contributed by atoms with Gasteiger partial charge in [-0.15, -0.1) is 0 Å². The maximum atomic E-state index is 11.0. The second kappa shape index (κ2) is 4.89. The summed E-state index contributed by atoms with van der Waals surface area (Å²) in [6.45, 7) is 3.50. The molecular weight excluding hydrogens is 248 g/mol. The van der Waals surface area contributed by atoms with Crippen molar-refractivity contribution in [1.82, 2.24) is 9.97 Å². The lowest BCUT2D eigenvalue weighted by molar-refractivity contribution is -0.385. The summed E-state index contributed by atoms with van der Waals surface area (Å²) in [5.74, 6) is 0.381. The summed E-state index contributed by atoms with van der Waals surface area (Å²) in [7, 11) is 0. The molecule has 0 bridgehead atoms. The zero-order chi connectivity index (χ0) is 14.0.